The van der Waals surface area contributed by atoms with Crippen LogP contribution in [0.1, 0.15) is 12.2 Å². The van der Waals surface area contributed by atoms with Gasteiger partial charge in [-0.25, -0.2) is 0 Å². The summed E-state index contributed by atoms with van der Waals surface area (Å²) in [7, 11) is 0. The maximum absolute atomic E-state index is 5.26. The van der Waals surface area contributed by atoms with Crippen LogP contribution in [0.3, 0.4) is 0 Å². The Morgan fingerprint density at radius 2 is 2.56 bits per heavy atom. The van der Waals surface area contributed by atoms with Gasteiger partial charge in [0.05, 0.1) is 6.20 Å². The molecule has 0 radical (unpaired) electrons. The molecule has 0 aliphatic carbocycles. The fourth-order valence-corrected chi connectivity index (χ4v) is 0.574. The minimum atomic E-state index is 0.681. The first kappa shape index (κ1) is 6.22. The van der Waals surface area contributed by atoms with Crippen molar-refractivity contribution in [2.75, 3.05) is 6.54 Å². The van der Waals surface area contributed by atoms with Gasteiger partial charge in [0.15, 0.2) is 5.76 Å². The first-order chi connectivity index (χ1) is 4.43. The summed E-state index contributed by atoms with van der Waals surface area (Å²) in [6.45, 7) is 0.681. The zero-order chi connectivity index (χ0) is 6.53. The summed E-state index contributed by atoms with van der Waals surface area (Å²) in [5, 5.41) is 6.83. The van der Waals surface area contributed by atoms with E-state index in [0.29, 0.717) is 6.54 Å². The van der Waals surface area contributed by atoms with E-state index in [1.807, 2.05) is 0 Å². The molecule has 0 atom stereocenters. The SMILES string of the molecule is NCCCc1cnno1. The predicted molar refractivity (Wildman–Crippen MR) is 31.7 cm³/mol. The molecule has 0 bridgehead atoms. The standard InChI is InChI=1S/C5H9N3O/c6-3-1-2-5-4-7-8-9-5/h4H,1-3,6H2. The van der Waals surface area contributed by atoms with E-state index in [4.69, 9.17) is 10.3 Å². The number of hydrogen-bond donors (Lipinski definition) is 1. The first-order valence-corrected chi connectivity index (χ1v) is 2.90. The molecule has 1 aromatic rings. The van der Waals surface area contributed by atoms with Crippen LogP contribution < -0.4 is 5.73 Å². The molecule has 0 unspecified atom stereocenters. The van der Waals surface area contributed by atoms with Crippen molar-refractivity contribution < 1.29 is 4.52 Å². The maximum atomic E-state index is 5.26. The minimum absolute atomic E-state index is 0.681. The van der Waals surface area contributed by atoms with Gasteiger partial charge in [-0.3, -0.25) is 0 Å². The molecule has 4 nitrogen and oxygen atoms in total. The molecular weight excluding hydrogens is 118 g/mol. The smallest absolute Gasteiger partial charge is 0.157 e. The zero-order valence-corrected chi connectivity index (χ0v) is 5.08. The lowest BCUT2D eigenvalue weighted by atomic mass is 10.3. The van der Waals surface area contributed by atoms with E-state index in [-0.39, 0.29) is 0 Å². The molecule has 4 heteroatoms. The summed E-state index contributed by atoms with van der Waals surface area (Å²) in [5.41, 5.74) is 5.26. The quantitative estimate of drug-likeness (QED) is 0.618. The second-order valence-electron chi connectivity index (χ2n) is 1.78. The van der Waals surface area contributed by atoms with E-state index in [0.717, 1.165) is 18.6 Å². The van der Waals surface area contributed by atoms with Crippen molar-refractivity contribution in [3.63, 3.8) is 0 Å². The lowest BCUT2D eigenvalue weighted by molar-refractivity contribution is 0.360. The molecule has 0 spiro atoms. The van der Waals surface area contributed by atoms with Gasteiger partial charge < -0.3 is 10.3 Å². The van der Waals surface area contributed by atoms with E-state index in [2.05, 4.69) is 10.4 Å². The van der Waals surface area contributed by atoms with Gasteiger partial charge in [0.1, 0.15) is 0 Å². The highest BCUT2D eigenvalue weighted by molar-refractivity contribution is 4.84. The molecule has 0 aliphatic rings. The Labute approximate surface area is 53.0 Å². The largest absolute Gasteiger partial charge is 0.342 e. The van der Waals surface area contributed by atoms with Crippen LogP contribution in [-0.4, -0.2) is 16.9 Å². The van der Waals surface area contributed by atoms with Crippen LogP contribution >= 0.6 is 0 Å². The van der Waals surface area contributed by atoms with Gasteiger partial charge in [0, 0.05) is 11.7 Å². The molecule has 0 aliphatic heterocycles. The highest BCUT2D eigenvalue weighted by atomic mass is 16.5. The molecule has 9 heavy (non-hydrogen) atoms. The van der Waals surface area contributed by atoms with Crippen LogP contribution in [-0.2, 0) is 6.42 Å². The lowest BCUT2D eigenvalue weighted by Gasteiger charge is -1.87. The number of rotatable bonds is 3. The predicted octanol–water partition coefficient (Wildman–Crippen LogP) is -0.0391. The summed E-state index contributed by atoms with van der Waals surface area (Å²) in [4.78, 5) is 0. The van der Waals surface area contributed by atoms with Crippen molar-refractivity contribution in [2.45, 2.75) is 12.8 Å². The Kier molecular flexibility index (Phi) is 2.21. The van der Waals surface area contributed by atoms with Crippen LogP contribution in [0, 0.1) is 0 Å². The monoisotopic (exact) mass is 127 g/mol. The molecule has 0 saturated heterocycles. The molecule has 0 saturated carbocycles. The van der Waals surface area contributed by atoms with Gasteiger partial charge >= 0.3 is 0 Å². The van der Waals surface area contributed by atoms with E-state index in [1.165, 1.54) is 0 Å². The fourth-order valence-electron chi connectivity index (χ4n) is 0.574. The molecule has 1 heterocycles. The van der Waals surface area contributed by atoms with Crippen molar-refractivity contribution in [1.29, 1.82) is 0 Å². The first-order valence-electron chi connectivity index (χ1n) is 2.90. The highest BCUT2D eigenvalue weighted by Gasteiger charge is 1.94. The molecule has 0 fully saturated rings. The molecule has 0 amide bonds. The molecule has 1 rings (SSSR count). The highest BCUT2D eigenvalue weighted by Crippen LogP contribution is 1.96. The van der Waals surface area contributed by atoms with Crippen molar-refractivity contribution >= 4 is 0 Å². The summed E-state index contributed by atoms with van der Waals surface area (Å²) in [6, 6.07) is 0. The number of nitrogens with zero attached hydrogens (tertiary/aromatic N) is 2. The lowest BCUT2D eigenvalue weighted by Crippen LogP contribution is -1.99. The Hall–Kier alpha value is -0.900. The Morgan fingerprint density at radius 3 is 3.11 bits per heavy atom. The van der Waals surface area contributed by atoms with Crippen LogP contribution in [0.5, 0.6) is 0 Å². The fraction of sp³-hybridized carbons (Fsp3) is 0.600. The number of nitrogens with two attached hydrogens (primary N) is 1. The van der Waals surface area contributed by atoms with Crippen molar-refractivity contribution in [1.82, 2.24) is 10.4 Å². The van der Waals surface area contributed by atoms with Gasteiger partial charge in [-0.05, 0) is 13.0 Å². The van der Waals surface area contributed by atoms with Gasteiger partial charge in [0.25, 0.3) is 0 Å². The molecule has 0 aromatic carbocycles. The summed E-state index contributed by atoms with van der Waals surface area (Å²) < 4.78 is 4.72. The van der Waals surface area contributed by atoms with Crippen LogP contribution in [0.15, 0.2) is 10.7 Å². The van der Waals surface area contributed by atoms with Crippen LogP contribution in [0.2, 0.25) is 0 Å². The maximum Gasteiger partial charge on any atom is 0.157 e. The van der Waals surface area contributed by atoms with Crippen molar-refractivity contribution in [3.05, 3.63) is 12.0 Å². The minimum Gasteiger partial charge on any atom is -0.342 e. The third-order valence-electron chi connectivity index (χ3n) is 1.03. The third kappa shape index (κ3) is 1.81. The van der Waals surface area contributed by atoms with Gasteiger partial charge in [-0.15, -0.1) is 5.10 Å². The van der Waals surface area contributed by atoms with Crippen LogP contribution in [0.4, 0.5) is 0 Å². The Bertz CT molecular complexity index is 149. The third-order valence-corrected chi connectivity index (χ3v) is 1.03. The van der Waals surface area contributed by atoms with Gasteiger partial charge in [-0.2, -0.15) is 0 Å². The average Bonchev–Trinajstić information content (AvgIpc) is 2.34. The van der Waals surface area contributed by atoms with E-state index >= 15 is 0 Å². The van der Waals surface area contributed by atoms with E-state index in [9.17, 15) is 0 Å². The summed E-state index contributed by atoms with van der Waals surface area (Å²) in [5.74, 6) is 0.806. The van der Waals surface area contributed by atoms with E-state index in [1.54, 1.807) is 6.20 Å². The molecule has 50 valence electrons. The van der Waals surface area contributed by atoms with Crippen molar-refractivity contribution in [2.24, 2.45) is 5.73 Å². The topological polar surface area (TPSA) is 64.9 Å². The average molecular weight is 127 g/mol. The van der Waals surface area contributed by atoms with Crippen molar-refractivity contribution in [3.8, 4) is 0 Å². The number of aromatic nitrogens is 2. The van der Waals surface area contributed by atoms with Gasteiger partial charge in [0.2, 0.25) is 0 Å². The number of aryl methyl sites for hydroxylation is 1. The van der Waals surface area contributed by atoms with E-state index < -0.39 is 0 Å². The van der Waals surface area contributed by atoms with Crippen LogP contribution in [0.25, 0.3) is 0 Å². The zero-order valence-electron chi connectivity index (χ0n) is 5.08. The summed E-state index contributed by atoms with van der Waals surface area (Å²) >= 11 is 0. The normalized spacial score (nSPS) is 9.89. The molecule has 1 aromatic heterocycles. The molecular formula is C5H9N3O. The second-order valence-corrected chi connectivity index (χ2v) is 1.78. The number of hydrogen-bond acceptors (Lipinski definition) is 4. The van der Waals surface area contributed by atoms with Gasteiger partial charge in [-0.1, -0.05) is 0 Å². The Balaban J connectivity index is 2.30. The summed E-state index contributed by atoms with van der Waals surface area (Å²) in [6.07, 6.45) is 3.37. The Morgan fingerprint density at radius 1 is 1.67 bits per heavy atom. The second kappa shape index (κ2) is 3.19. The molecule has 2 N–H and O–H groups in total.